The highest BCUT2D eigenvalue weighted by Gasteiger charge is 2.29. The zero-order valence-electron chi connectivity index (χ0n) is 15.2. The maximum absolute atomic E-state index is 12.8. The third-order valence-electron chi connectivity index (χ3n) is 5.26. The van der Waals surface area contributed by atoms with Crippen LogP contribution in [0.2, 0.25) is 0 Å². The van der Waals surface area contributed by atoms with E-state index >= 15 is 0 Å². The first-order valence-electron chi connectivity index (χ1n) is 8.95. The molecule has 0 spiro atoms. The van der Waals surface area contributed by atoms with Gasteiger partial charge < -0.3 is 9.72 Å². The van der Waals surface area contributed by atoms with Crippen molar-refractivity contribution < 1.29 is 9.53 Å². The van der Waals surface area contributed by atoms with Gasteiger partial charge in [0.25, 0.3) is 5.56 Å². The Kier molecular flexibility index (Phi) is 5.12. The number of hydrogen-bond donors (Lipinski definition) is 1. The average Bonchev–Trinajstić information content (AvgIpc) is 3.36. The summed E-state index contributed by atoms with van der Waals surface area (Å²) in [7, 11) is 1.44. The van der Waals surface area contributed by atoms with Gasteiger partial charge in [0.15, 0.2) is 0 Å². The molecule has 0 saturated carbocycles. The minimum Gasteiger partial charge on any atom is -0.469 e. The van der Waals surface area contributed by atoms with E-state index in [1.807, 2.05) is 22.9 Å². The highest BCUT2D eigenvalue weighted by Crippen LogP contribution is 2.34. The van der Waals surface area contributed by atoms with Crippen molar-refractivity contribution in [1.82, 2.24) is 14.9 Å². The van der Waals surface area contributed by atoms with Crippen LogP contribution in [0.15, 0.2) is 27.7 Å². The van der Waals surface area contributed by atoms with Gasteiger partial charge in [-0.3, -0.25) is 14.5 Å². The lowest BCUT2D eigenvalue weighted by Crippen LogP contribution is -2.39. The molecule has 0 amide bonds. The van der Waals surface area contributed by atoms with Gasteiger partial charge in [-0.15, -0.1) is 22.7 Å². The van der Waals surface area contributed by atoms with E-state index < -0.39 is 0 Å². The molecule has 0 radical (unpaired) electrons. The molecule has 1 fully saturated rings. The Labute approximate surface area is 164 Å². The number of nitrogens with one attached hydrogen (secondary N) is 1. The molecule has 0 aromatic carbocycles. The summed E-state index contributed by atoms with van der Waals surface area (Å²) in [6, 6.07) is 4.00. The summed E-state index contributed by atoms with van der Waals surface area (Å²) in [6.07, 6.45) is 1.54. The van der Waals surface area contributed by atoms with Crippen LogP contribution >= 0.6 is 22.7 Å². The Hall–Kier alpha value is -2.03. The van der Waals surface area contributed by atoms with E-state index in [-0.39, 0.29) is 23.5 Å². The zero-order chi connectivity index (χ0) is 19.0. The molecule has 1 atom stereocenters. The van der Waals surface area contributed by atoms with Crippen LogP contribution in [0.1, 0.15) is 31.6 Å². The van der Waals surface area contributed by atoms with Crippen molar-refractivity contribution in [3.8, 4) is 10.4 Å². The van der Waals surface area contributed by atoms with Gasteiger partial charge in [0.2, 0.25) is 0 Å². The molecule has 1 saturated heterocycles. The van der Waals surface area contributed by atoms with Crippen molar-refractivity contribution in [2.24, 2.45) is 5.92 Å². The van der Waals surface area contributed by atoms with Crippen LogP contribution in [0.4, 0.5) is 0 Å². The predicted molar refractivity (Wildman–Crippen MR) is 108 cm³/mol. The molecule has 1 N–H and O–H groups in total. The van der Waals surface area contributed by atoms with E-state index in [4.69, 9.17) is 9.72 Å². The van der Waals surface area contributed by atoms with E-state index in [2.05, 4.69) is 16.8 Å². The van der Waals surface area contributed by atoms with E-state index in [0.717, 1.165) is 41.2 Å². The smallest absolute Gasteiger partial charge is 0.308 e. The molecule has 27 heavy (non-hydrogen) atoms. The number of esters is 1. The number of aromatic amines is 1. The Morgan fingerprint density at radius 3 is 2.81 bits per heavy atom. The number of carbonyl (C=O) groups is 1. The number of ether oxygens (including phenoxy) is 1. The maximum atomic E-state index is 12.8. The molecule has 4 heterocycles. The van der Waals surface area contributed by atoms with Crippen LogP contribution in [0, 0.1) is 5.92 Å². The average molecular weight is 404 g/mol. The Bertz CT molecular complexity index is 1000. The highest BCUT2D eigenvalue weighted by molar-refractivity contribution is 7.18. The summed E-state index contributed by atoms with van der Waals surface area (Å²) in [6.45, 7) is 3.62. The highest BCUT2D eigenvalue weighted by atomic mass is 32.1. The molecular formula is C19H21N3O3S2. The monoisotopic (exact) mass is 403 g/mol. The number of aromatic nitrogens is 2. The summed E-state index contributed by atoms with van der Waals surface area (Å²) in [5.74, 6) is 0.525. The topological polar surface area (TPSA) is 75.3 Å². The number of thiophene rings is 2. The van der Waals surface area contributed by atoms with Crippen molar-refractivity contribution in [3.63, 3.8) is 0 Å². The second-order valence-electron chi connectivity index (χ2n) is 6.77. The number of likely N-dealkylation sites (tertiary alicyclic amines) is 1. The van der Waals surface area contributed by atoms with Gasteiger partial charge in [0.05, 0.1) is 24.5 Å². The maximum Gasteiger partial charge on any atom is 0.308 e. The van der Waals surface area contributed by atoms with E-state index in [0.29, 0.717) is 11.2 Å². The lowest BCUT2D eigenvalue weighted by molar-refractivity contribution is -0.147. The van der Waals surface area contributed by atoms with Gasteiger partial charge in [0, 0.05) is 15.8 Å². The lowest BCUT2D eigenvalue weighted by atomic mass is 9.96. The fraction of sp³-hybridized carbons (Fsp3) is 0.421. The van der Waals surface area contributed by atoms with E-state index in [1.54, 1.807) is 11.3 Å². The van der Waals surface area contributed by atoms with Gasteiger partial charge in [-0.1, -0.05) is 6.07 Å². The molecule has 1 aliphatic heterocycles. The molecule has 0 unspecified atom stereocenters. The zero-order valence-corrected chi connectivity index (χ0v) is 16.9. The third-order valence-corrected chi connectivity index (χ3v) is 7.03. The molecule has 6 nitrogen and oxygen atoms in total. The SMILES string of the molecule is COC(=O)C1CCN([C@@H](C)c2nc3scc(-c4cccs4)c3c(=O)[nH]2)CC1. The van der Waals surface area contributed by atoms with Crippen LogP contribution in [-0.2, 0) is 9.53 Å². The number of fused-ring (bicyclic) bond motifs is 1. The van der Waals surface area contributed by atoms with Gasteiger partial charge in [0.1, 0.15) is 10.7 Å². The normalized spacial score (nSPS) is 17.3. The fourth-order valence-electron chi connectivity index (χ4n) is 3.64. The minimum absolute atomic E-state index is 0.00650. The van der Waals surface area contributed by atoms with Crippen molar-refractivity contribution in [2.75, 3.05) is 20.2 Å². The van der Waals surface area contributed by atoms with Gasteiger partial charge in [-0.25, -0.2) is 4.98 Å². The van der Waals surface area contributed by atoms with Gasteiger partial charge in [-0.05, 0) is 44.3 Å². The molecule has 3 aromatic rings. The Morgan fingerprint density at radius 1 is 1.37 bits per heavy atom. The molecule has 1 aliphatic rings. The van der Waals surface area contributed by atoms with Crippen molar-refractivity contribution in [1.29, 1.82) is 0 Å². The van der Waals surface area contributed by atoms with Crippen molar-refractivity contribution in [3.05, 3.63) is 39.1 Å². The summed E-state index contributed by atoms with van der Waals surface area (Å²) in [5, 5.41) is 4.69. The molecule has 0 bridgehead atoms. The second kappa shape index (κ2) is 7.53. The molecule has 4 rings (SSSR count). The minimum atomic E-state index is -0.130. The van der Waals surface area contributed by atoms with Crippen molar-refractivity contribution in [2.45, 2.75) is 25.8 Å². The van der Waals surface area contributed by atoms with Crippen LogP contribution < -0.4 is 5.56 Å². The number of methoxy groups -OCH3 is 1. The summed E-state index contributed by atoms with van der Waals surface area (Å²) < 4.78 is 4.85. The number of hydrogen-bond acceptors (Lipinski definition) is 7. The Morgan fingerprint density at radius 2 is 2.15 bits per heavy atom. The van der Waals surface area contributed by atoms with Gasteiger partial charge >= 0.3 is 5.97 Å². The summed E-state index contributed by atoms with van der Waals surface area (Å²) >= 11 is 3.13. The third kappa shape index (κ3) is 3.44. The predicted octanol–water partition coefficient (Wildman–Crippen LogP) is 3.66. The lowest BCUT2D eigenvalue weighted by Gasteiger charge is -2.34. The molecule has 8 heteroatoms. The summed E-state index contributed by atoms with van der Waals surface area (Å²) in [5.41, 5.74) is 0.868. The van der Waals surface area contributed by atoms with Crippen LogP contribution in [0.5, 0.6) is 0 Å². The standard InChI is InChI=1S/C19H21N3O3S2/c1-11(22-7-5-12(6-8-22)19(24)25-2)16-20-17(23)15-13(10-27-18(15)21-16)14-4-3-9-26-14/h3-4,9-12H,5-8H2,1-2H3,(H,20,21,23)/t11-/m0/s1. The van der Waals surface area contributed by atoms with Crippen LogP contribution in [-0.4, -0.2) is 41.0 Å². The number of piperidine rings is 1. The van der Waals surface area contributed by atoms with Crippen molar-refractivity contribution >= 4 is 38.9 Å². The molecule has 142 valence electrons. The largest absolute Gasteiger partial charge is 0.469 e. The van der Waals surface area contributed by atoms with E-state index in [9.17, 15) is 9.59 Å². The molecular weight excluding hydrogens is 382 g/mol. The van der Waals surface area contributed by atoms with Gasteiger partial charge in [-0.2, -0.15) is 0 Å². The molecule has 0 aliphatic carbocycles. The first-order valence-corrected chi connectivity index (χ1v) is 10.7. The number of rotatable bonds is 4. The quantitative estimate of drug-likeness (QED) is 0.673. The number of H-pyrrole nitrogens is 1. The first kappa shape index (κ1) is 18.3. The second-order valence-corrected chi connectivity index (χ2v) is 8.57. The van der Waals surface area contributed by atoms with Crippen LogP contribution in [0.25, 0.3) is 20.7 Å². The summed E-state index contributed by atoms with van der Waals surface area (Å²) in [4.78, 5) is 36.3. The number of carbonyl (C=O) groups excluding carboxylic acids is 1. The Balaban J connectivity index is 1.58. The molecule has 3 aromatic heterocycles. The van der Waals surface area contributed by atoms with E-state index in [1.165, 1.54) is 18.4 Å². The number of nitrogens with zero attached hydrogens (tertiary/aromatic N) is 2. The van der Waals surface area contributed by atoms with Crippen LogP contribution in [0.3, 0.4) is 0 Å². The fourth-order valence-corrected chi connectivity index (χ4v) is 5.41. The first-order chi connectivity index (χ1) is 13.1.